The molecule has 0 saturated heterocycles. The summed E-state index contributed by atoms with van der Waals surface area (Å²) in [6.45, 7) is 2.69. The second-order valence-corrected chi connectivity index (χ2v) is 3.68. The van der Waals surface area contributed by atoms with E-state index in [9.17, 15) is 4.79 Å². The highest BCUT2D eigenvalue weighted by atomic mass is 32.2. The van der Waals surface area contributed by atoms with Crippen molar-refractivity contribution >= 4 is 17.7 Å². The molecular weight excluding hydrogens is 148 g/mol. The third kappa shape index (κ3) is 5.91. The average Bonchev–Trinajstić information content (AvgIpc) is 1.87. The van der Waals surface area contributed by atoms with Gasteiger partial charge < -0.3 is 11.5 Å². The molecule has 0 aromatic heterocycles. The molecule has 1 unspecified atom stereocenters. The fourth-order valence-electron chi connectivity index (χ4n) is 0.429. The van der Waals surface area contributed by atoms with Gasteiger partial charge in [-0.05, 0) is 0 Å². The molecule has 1 atom stereocenters. The summed E-state index contributed by atoms with van der Waals surface area (Å²) in [5.74, 6) is 0.546. The molecule has 0 aliphatic heterocycles. The summed E-state index contributed by atoms with van der Waals surface area (Å²) in [7, 11) is 0. The third-order valence-electron chi connectivity index (χ3n) is 1.08. The van der Waals surface area contributed by atoms with Gasteiger partial charge in [0.25, 0.3) is 0 Å². The van der Waals surface area contributed by atoms with E-state index in [1.807, 2.05) is 6.92 Å². The van der Waals surface area contributed by atoms with E-state index in [1.165, 1.54) is 0 Å². The number of rotatable bonds is 5. The van der Waals surface area contributed by atoms with E-state index < -0.39 is 0 Å². The van der Waals surface area contributed by atoms with Crippen LogP contribution >= 0.6 is 11.8 Å². The maximum absolute atomic E-state index is 10.2. The van der Waals surface area contributed by atoms with Gasteiger partial charge in [0.15, 0.2) is 0 Å². The minimum atomic E-state index is -0.239. The summed E-state index contributed by atoms with van der Waals surface area (Å²) >= 11 is 1.68. The van der Waals surface area contributed by atoms with Gasteiger partial charge in [-0.2, -0.15) is 11.8 Å². The molecule has 0 aliphatic carbocycles. The van der Waals surface area contributed by atoms with Crippen LogP contribution in [0.3, 0.4) is 0 Å². The standard InChI is InChI=1S/C6H14N2OS/c1-5(4-7)10-3-2-6(8)9/h5H,2-4,7H2,1H3,(H2,8,9). The summed E-state index contributed by atoms with van der Waals surface area (Å²) < 4.78 is 0. The largest absolute Gasteiger partial charge is 0.370 e. The summed E-state index contributed by atoms with van der Waals surface area (Å²) in [6.07, 6.45) is 0.453. The van der Waals surface area contributed by atoms with E-state index in [0.29, 0.717) is 18.2 Å². The topological polar surface area (TPSA) is 69.1 Å². The number of carbonyl (C=O) groups is 1. The van der Waals surface area contributed by atoms with Gasteiger partial charge in [-0.1, -0.05) is 6.92 Å². The third-order valence-corrected chi connectivity index (χ3v) is 2.28. The van der Waals surface area contributed by atoms with Gasteiger partial charge in [-0.25, -0.2) is 0 Å². The van der Waals surface area contributed by atoms with E-state index >= 15 is 0 Å². The predicted molar refractivity (Wildman–Crippen MR) is 44.8 cm³/mol. The number of hydrogen-bond acceptors (Lipinski definition) is 3. The Morgan fingerprint density at radius 1 is 1.70 bits per heavy atom. The summed E-state index contributed by atoms with van der Waals surface area (Å²) in [5, 5.41) is 0.430. The molecule has 60 valence electrons. The highest BCUT2D eigenvalue weighted by molar-refractivity contribution is 7.99. The Kier molecular flexibility index (Phi) is 5.43. The molecular formula is C6H14N2OS. The lowest BCUT2D eigenvalue weighted by Crippen LogP contribution is -2.16. The van der Waals surface area contributed by atoms with Gasteiger partial charge in [-0.3, -0.25) is 4.79 Å². The Balaban J connectivity index is 3.11. The number of hydrogen-bond donors (Lipinski definition) is 2. The maximum Gasteiger partial charge on any atom is 0.218 e. The Morgan fingerprint density at radius 3 is 2.70 bits per heavy atom. The van der Waals surface area contributed by atoms with Gasteiger partial charge in [0.1, 0.15) is 0 Å². The van der Waals surface area contributed by atoms with Crippen molar-refractivity contribution in [3.05, 3.63) is 0 Å². The van der Waals surface area contributed by atoms with Gasteiger partial charge in [-0.15, -0.1) is 0 Å². The maximum atomic E-state index is 10.2. The molecule has 4 heteroatoms. The van der Waals surface area contributed by atoms with E-state index in [0.717, 1.165) is 5.75 Å². The molecule has 4 N–H and O–H groups in total. The molecule has 3 nitrogen and oxygen atoms in total. The van der Waals surface area contributed by atoms with Crippen molar-refractivity contribution in [2.24, 2.45) is 11.5 Å². The van der Waals surface area contributed by atoms with Crippen LogP contribution in [-0.2, 0) is 4.79 Å². The van der Waals surface area contributed by atoms with Crippen molar-refractivity contribution in [1.29, 1.82) is 0 Å². The van der Waals surface area contributed by atoms with Gasteiger partial charge in [0, 0.05) is 24.0 Å². The van der Waals surface area contributed by atoms with Crippen molar-refractivity contribution in [3.63, 3.8) is 0 Å². The normalized spacial score (nSPS) is 13.0. The number of carbonyl (C=O) groups excluding carboxylic acids is 1. The number of thioether (sulfide) groups is 1. The van der Waals surface area contributed by atoms with Crippen LogP contribution < -0.4 is 11.5 Å². The van der Waals surface area contributed by atoms with Crippen molar-refractivity contribution in [2.75, 3.05) is 12.3 Å². The molecule has 0 spiro atoms. The summed E-state index contributed by atoms with van der Waals surface area (Å²) in [6, 6.07) is 0. The predicted octanol–water partition coefficient (Wildman–Crippen LogP) is -0.0578. The summed E-state index contributed by atoms with van der Waals surface area (Å²) in [5.41, 5.74) is 10.3. The van der Waals surface area contributed by atoms with Crippen LogP contribution in [0.2, 0.25) is 0 Å². The minimum Gasteiger partial charge on any atom is -0.370 e. The molecule has 0 aliphatic rings. The smallest absolute Gasteiger partial charge is 0.218 e. The van der Waals surface area contributed by atoms with Gasteiger partial charge >= 0.3 is 0 Å². The van der Waals surface area contributed by atoms with E-state index in [2.05, 4.69) is 0 Å². The number of amides is 1. The van der Waals surface area contributed by atoms with Crippen LogP contribution in [0.4, 0.5) is 0 Å². The Bertz CT molecular complexity index is 108. The highest BCUT2D eigenvalue weighted by Gasteiger charge is 1.99. The second kappa shape index (κ2) is 5.56. The fraction of sp³-hybridized carbons (Fsp3) is 0.833. The summed E-state index contributed by atoms with van der Waals surface area (Å²) in [4.78, 5) is 10.2. The lowest BCUT2D eigenvalue weighted by Gasteiger charge is -2.05. The first kappa shape index (κ1) is 9.78. The zero-order chi connectivity index (χ0) is 7.98. The lowest BCUT2D eigenvalue weighted by molar-refractivity contribution is -0.117. The van der Waals surface area contributed by atoms with Crippen molar-refractivity contribution in [3.8, 4) is 0 Å². The first-order valence-corrected chi connectivity index (χ1v) is 4.31. The molecule has 0 radical (unpaired) electrons. The van der Waals surface area contributed by atoms with Crippen molar-refractivity contribution < 1.29 is 4.79 Å². The van der Waals surface area contributed by atoms with Crippen LogP contribution in [0.5, 0.6) is 0 Å². The Labute approximate surface area is 65.5 Å². The Hall–Kier alpha value is -0.220. The SMILES string of the molecule is CC(CN)SCCC(N)=O. The molecule has 0 aromatic carbocycles. The van der Waals surface area contributed by atoms with Gasteiger partial charge in [0.2, 0.25) is 5.91 Å². The van der Waals surface area contributed by atoms with Crippen LogP contribution in [0.15, 0.2) is 0 Å². The molecule has 0 bridgehead atoms. The molecule has 0 heterocycles. The van der Waals surface area contributed by atoms with Crippen LogP contribution in [0.1, 0.15) is 13.3 Å². The quantitative estimate of drug-likeness (QED) is 0.595. The lowest BCUT2D eigenvalue weighted by atomic mass is 10.5. The fourth-order valence-corrected chi connectivity index (χ4v) is 1.29. The highest BCUT2D eigenvalue weighted by Crippen LogP contribution is 2.09. The Morgan fingerprint density at radius 2 is 2.30 bits per heavy atom. The van der Waals surface area contributed by atoms with E-state index in [1.54, 1.807) is 11.8 Å². The molecule has 0 aromatic rings. The molecule has 10 heavy (non-hydrogen) atoms. The number of nitrogens with two attached hydrogens (primary N) is 2. The van der Waals surface area contributed by atoms with Crippen molar-refractivity contribution in [2.45, 2.75) is 18.6 Å². The first-order chi connectivity index (χ1) is 4.66. The second-order valence-electron chi connectivity index (χ2n) is 2.13. The molecule has 0 saturated carbocycles. The number of primary amides is 1. The van der Waals surface area contributed by atoms with Crippen LogP contribution in [0, 0.1) is 0 Å². The van der Waals surface area contributed by atoms with E-state index in [-0.39, 0.29) is 5.91 Å². The monoisotopic (exact) mass is 162 g/mol. The van der Waals surface area contributed by atoms with Crippen LogP contribution in [-0.4, -0.2) is 23.5 Å². The zero-order valence-electron chi connectivity index (χ0n) is 6.17. The molecule has 0 rings (SSSR count). The van der Waals surface area contributed by atoms with Gasteiger partial charge in [0.05, 0.1) is 0 Å². The first-order valence-electron chi connectivity index (χ1n) is 3.26. The molecule has 0 fully saturated rings. The van der Waals surface area contributed by atoms with Crippen molar-refractivity contribution in [1.82, 2.24) is 0 Å². The average molecular weight is 162 g/mol. The minimum absolute atomic E-state index is 0.239. The zero-order valence-corrected chi connectivity index (χ0v) is 6.99. The van der Waals surface area contributed by atoms with Crippen LogP contribution in [0.25, 0.3) is 0 Å². The molecule has 1 amide bonds. The van der Waals surface area contributed by atoms with E-state index in [4.69, 9.17) is 11.5 Å².